The predicted molar refractivity (Wildman–Crippen MR) is 132 cm³/mol. The van der Waals surface area contributed by atoms with Crippen molar-refractivity contribution in [3.05, 3.63) is 101 Å². The summed E-state index contributed by atoms with van der Waals surface area (Å²) in [5.41, 5.74) is -3.28. The molecule has 216 valence electrons. The van der Waals surface area contributed by atoms with E-state index >= 15 is 0 Å². The number of hydrogen-bond acceptors (Lipinski definition) is 4. The summed E-state index contributed by atoms with van der Waals surface area (Å²) in [6.45, 7) is 0. The lowest BCUT2D eigenvalue weighted by Gasteiger charge is -2.37. The number of carbonyl (C=O) groups is 3. The SMILES string of the molecule is O=C(NC1(C(=O)C(=O)O)CC1)NC(Cc1ccccc1)(c1ccc(F)cc1)c1cc(F)cc(OC(F)(F)C(F)F)c1. The number of halogens is 6. The van der Waals surface area contributed by atoms with E-state index < -0.39 is 58.8 Å². The number of ketones is 1. The molecule has 0 bridgehead atoms. The van der Waals surface area contributed by atoms with Gasteiger partial charge in [-0.3, -0.25) is 4.79 Å². The Morgan fingerprint density at radius 3 is 2.10 bits per heavy atom. The molecule has 2 amide bonds. The van der Waals surface area contributed by atoms with E-state index in [-0.39, 0.29) is 30.4 Å². The van der Waals surface area contributed by atoms with Crippen LogP contribution in [0, 0.1) is 11.6 Å². The fourth-order valence-corrected chi connectivity index (χ4v) is 4.45. The van der Waals surface area contributed by atoms with Crippen molar-refractivity contribution in [1.82, 2.24) is 10.6 Å². The van der Waals surface area contributed by atoms with Crippen LogP contribution in [0.4, 0.5) is 31.1 Å². The second kappa shape index (κ2) is 11.1. The number of urea groups is 1. The minimum absolute atomic E-state index is 0.0223. The Hall–Kier alpha value is -4.55. The average Bonchev–Trinajstić information content (AvgIpc) is 3.68. The van der Waals surface area contributed by atoms with Crippen LogP contribution >= 0.6 is 0 Å². The zero-order chi connectivity index (χ0) is 30.0. The standard InChI is InChI=1S/C28H22F6N2O5/c29-19-8-6-17(7-9-19)27(15-16-4-2-1-3-5-16,36-25(40)35-26(10-11-26)22(37)23(38)39)18-12-20(30)14-21(13-18)41-28(33,34)24(31)32/h1-9,12-14,24H,10-11,15H2,(H,38,39)(H2,35,36,40). The molecular weight excluding hydrogens is 558 g/mol. The highest BCUT2D eigenvalue weighted by atomic mass is 19.3. The van der Waals surface area contributed by atoms with E-state index in [0.29, 0.717) is 11.6 Å². The number of Topliss-reactive ketones (excluding diaryl/α,β-unsaturated/α-hetero) is 1. The summed E-state index contributed by atoms with van der Waals surface area (Å²) in [6, 6.07) is 13.7. The predicted octanol–water partition coefficient (Wildman–Crippen LogP) is 5.17. The fraction of sp³-hybridized carbons (Fsp3) is 0.250. The molecule has 13 heteroatoms. The van der Waals surface area contributed by atoms with Crippen molar-refractivity contribution in [1.29, 1.82) is 0 Å². The van der Waals surface area contributed by atoms with Gasteiger partial charge in [-0.25, -0.2) is 18.4 Å². The van der Waals surface area contributed by atoms with Gasteiger partial charge in [0.1, 0.15) is 22.9 Å². The summed E-state index contributed by atoms with van der Waals surface area (Å²) in [6.07, 6.45) is -9.40. The first-order valence-corrected chi connectivity index (χ1v) is 12.1. The van der Waals surface area contributed by atoms with Gasteiger partial charge in [0.05, 0.1) is 5.54 Å². The molecular formula is C28H22F6N2O5. The number of aliphatic carboxylic acids is 1. The van der Waals surface area contributed by atoms with Gasteiger partial charge in [0.15, 0.2) is 0 Å². The summed E-state index contributed by atoms with van der Waals surface area (Å²) in [7, 11) is 0. The molecule has 0 spiro atoms. The Balaban J connectivity index is 1.87. The van der Waals surface area contributed by atoms with Gasteiger partial charge in [-0.15, -0.1) is 0 Å². The van der Waals surface area contributed by atoms with Gasteiger partial charge in [-0.1, -0.05) is 42.5 Å². The normalized spacial score (nSPS) is 15.5. The molecule has 0 aromatic heterocycles. The lowest BCUT2D eigenvalue weighted by molar-refractivity contribution is -0.253. The largest absolute Gasteiger partial charge is 0.475 e. The molecule has 0 aliphatic heterocycles. The summed E-state index contributed by atoms with van der Waals surface area (Å²) in [5, 5.41) is 14.1. The molecule has 3 aromatic carbocycles. The van der Waals surface area contributed by atoms with E-state index in [9.17, 15) is 40.7 Å². The van der Waals surface area contributed by atoms with Crippen LogP contribution in [0.3, 0.4) is 0 Å². The van der Waals surface area contributed by atoms with Crippen LogP contribution < -0.4 is 15.4 Å². The van der Waals surface area contributed by atoms with E-state index in [0.717, 1.165) is 24.3 Å². The number of alkyl halides is 4. The highest BCUT2D eigenvalue weighted by molar-refractivity contribution is 6.37. The second-order valence-electron chi connectivity index (χ2n) is 9.51. The summed E-state index contributed by atoms with van der Waals surface area (Å²) >= 11 is 0. The van der Waals surface area contributed by atoms with Crippen LogP contribution in [0.5, 0.6) is 5.75 Å². The molecule has 1 unspecified atom stereocenters. The third-order valence-electron chi connectivity index (χ3n) is 6.58. The second-order valence-corrected chi connectivity index (χ2v) is 9.51. The molecule has 7 nitrogen and oxygen atoms in total. The lowest BCUT2D eigenvalue weighted by Crippen LogP contribution is -2.57. The van der Waals surface area contributed by atoms with E-state index in [1.807, 2.05) is 0 Å². The number of rotatable bonds is 11. The Kier molecular flexibility index (Phi) is 8.00. The number of nitrogens with one attached hydrogen (secondary N) is 2. The highest BCUT2D eigenvalue weighted by Crippen LogP contribution is 2.39. The molecule has 0 saturated heterocycles. The van der Waals surface area contributed by atoms with E-state index in [1.165, 1.54) is 12.1 Å². The highest BCUT2D eigenvalue weighted by Gasteiger charge is 2.54. The van der Waals surface area contributed by atoms with Gasteiger partial charge >= 0.3 is 24.5 Å². The van der Waals surface area contributed by atoms with Gasteiger partial charge in [-0.2, -0.15) is 17.6 Å². The first-order chi connectivity index (χ1) is 19.3. The minimum Gasteiger partial charge on any atom is -0.475 e. The third kappa shape index (κ3) is 6.44. The van der Waals surface area contributed by atoms with Crippen molar-refractivity contribution in [2.24, 2.45) is 0 Å². The summed E-state index contributed by atoms with van der Waals surface area (Å²) in [4.78, 5) is 36.8. The number of ether oxygens (including phenoxy) is 1. The van der Waals surface area contributed by atoms with Crippen LogP contribution in [-0.4, -0.2) is 41.0 Å². The average molecular weight is 580 g/mol. The summed E-state index contributed by atoms with van der Waals surface area (Å²) in [5.74, 6) is -5.91. The van der Waals surface area contributed by atoms with Crippen molar-refractivity contribution in [2.75, 3.05) is 0 Å². The number of carboxylic acids is 1. The molecule has 1 aliphatic carbocycles. The van der Waals surface area contributed by atoms with Crippen molar-refractivity contribution in [2.45, 2.75) is 42.9 Å². The van der Waals surface area contributed by atoms with Crippen LogP contribution in [0.2, 0.25) is 0 Å². The first kappa shape index (κ1) is 29.4. The molecule has 3 N–H and O–H groups in total. The van der Waals surface area contributed by atoms with Gasteiger partial charge in [0.25, 0.3) is 5.78 Å². The van der Waals surface area contributed by atoms with Gasteiger partial charge in [-0.05, 0) is 53.8 Å². The van der Waals surface area contributed by atoms with Crippen molar-refractivity contribution in [3.8, 4) is 5.75 Å². The molecule has 1 saturated carbocycles. The zero-order valence-electron chi connectivity index (χ0n) is 21.0. The number of hydrogen-bond donors (Lipinski definition) is 3. The number of carbonyl (C=O) groups excluding carboxylic acids is 2. The maximum absolute atomic E-state index is 14.9. The Morgan fingerprint density at radius 1 is 0.902 bits per heavy atom. The molecule has 1 atom stereocenters. The maximum Gasteiger partial charge on any atom is 0.461 e. The third-order valence-corrected chi connectivity index (χ3v) is 6.58. The monoisotopic (exact) mass is 580 g/mol. The summed E-state index contributed by atoms with van der Waals surface area (Å²) < 4.78 is 86.1. The number of benzene rings is 3. The Labute approximate surface area is 229 Å². The topological polar surface area (TPSA) is 105 Å². The molecule has 0 radical (unpaired) electrons. The van der Waals surface area contributed by atoms with Crippen molar-refractivity contribution < 1.29 is 50.6 Å². The zero-order valence-corrected chi connectivity index (χ0v) is 21.0. The van der Waals surface area contributed by atoms with Crippen LogP contribution in [0.1, 0.15) is 29.5 Å². The lowest BCUT2D eigenvalue weighted by atomic mass is 9.77. The van der Waals surface area contributed by atoms with Crippen molar-refractivity contribution in [3.63, 3.8) is 0 Å². The molecule has 0 heterocycles. The molecule has 41 heavy (non-hydrogen) atoms. The van der Waals surface area contributed by atoms with Gasteiger partial charge in [0.2, 0.25) is 0 Å². The van der Waals surface area contributed by atoms with Gasteiger partial charge < -0.3 is 20.5 Å². The van der Waals surface area contributed by atoms with E-state index in [2.05, 4.69) is 15.4 Å². The maximum atomic E-state index is 14.9. The number of amides is 2. The van der Waals surface area contributed by atoms with E-state index in [1.54, 1.807) is 30.3 Å². The molecule has 1 aliphatic rings. The molecule has 1 fully saturated rings. The Bertz CT molecular complexity index is 1450. The quantitative estimate of drug-likeness (QED) is 0.214. The number of carboxylic acid groups (broad SMARTS) is 1. The Morgan fingerprint density at radius 2 is 1.54 bits per heavy atom. The van der Waals surface area contributed by atoms with E-state index in [4.69, 9.17) is 5.11 Å². The molecule has 4 rings (SSSR count). The fourth-order valence-electron chi connectivity index (χ4n) is 4.45. The molecule has 3 aromatic rings. The first-order valence-electron chi connectivity index (χ1n) is 12.1. The van der Waals surface area contributed by atoms with Gasteiger partial charge in [0, 0.05) is 12.5 Å². The van der Waals surface area contributed by atoms with Crippen LogP contribution in [0.15, 0.2) is 72.8 Å². The smallest absolute Gasteiger partial charge is 0.461 e. The van der Waals surface area contributed by atoms with Crippen LogP contribution in [-0.2, 0) is 21.5 Å². The van der Waals surface area contributed by atoms with Crippen molar-refractivity contribution >= 4 is 17.8 Å². The van der Waals surface area contributed by atoms with Crippen LogP contribution in [0.25, 0.3) is 0 Å². The minimum atomic E-state index is -4.98.